The molecule has 0 fully saturated rings. The minimum atomic E-state index is -1.06. The van der Waals surface area contributed by atoms with Gasteiger partial charge in [-0.3, -0.25) is 14.6 Å². The van der Waals surface area contributed by atoms with Crippen LogP contribution in [-0.2, 0) is 4.79 Å². The average Bonchev–Trinajstić information content (AvgIpc) is 2.19. The number of rotatable bonds is 3. The van der Waals surface area contributed by atoms with Crippen molar-refractivity contribution in [1.29, 1.82) is 0 Å². The third-order valence-electron chi connectivity index (χ3n) is 1.66. The maximum atomic E-state index is 11.4. The van der Waals surface area contributed by atoms with Gasteiger partial charge in [-0.15, -0.1) is 0 Å². The lowest BCUT2D eigenvalue weighted by atomic mass is 10.2. The second-order valence-corrected chi connectivity index (χ2v) is 2.77. The zero-order chi connectivity index (χ0) is 10.6. The molecule has 0 saturated carbocycles. The molecule has 1 heterocycles. The molecule has 0 bridgehead atoms. The summed E-state index contributed by atoms with van der Waals surface area (Å²) in [6.45, 7) is 1.40. The van der Waals surface area contributed by atoms with Gasteiger partial charge in [-0.25, -0.2) is 0 Å². The quantitative estimate of drug-likeness (QED) is 0.724. The Morgan fingerprint density at radius 1 is 1.43 bits per heavy atom. The lowest BCUT2D eigenvalue weighted by Crippen LogP contribution is -2.38. The molecule has 0 unspecified atom stereocenters. The Balaban J connectivity index is 2.64. The second-order valence-electron chi connectivity index (χ2n) is 2.77. The molecule has 5 heteroatoms. The minimum Gasteiger partial charge on any atom is -0.480 e. The molecule has 0 aromatic carbocycles. The summed E-state index contributed by atoms with van der Waals surface area (Å²) in [6.07, 6.45) is 2.95. The molecule has 0 aliphatic rings. The van der Waals surface area contributed by atoms with Crippen molar-refractivity contribution in [2.45, 2.75) is 13.0 Å². The highest BCUT2D eigenvalue weighted by atomic mass is 16.4. The summed E-state index contributed by atoms with van der Waals surface area (Å²) in [5.74, 6) is -1.48. The van der Waals surface area contributed by atoms with Crippen molar-refractivity contribution in [3.8, 4) is 0 Å². The fraction of sp³-hybridized carbons (Fsp3) is 0.222. The molecule has 1 aromatic heterocycles. The molecule has 1 aromatic rings. The molecule has 5 nitrogen and oxygen atoms in total. The summed E-state index contributed by atoms with van der Waals surface area (Å²) in [6, 6.07) is 2.14. The third-order valence-corrected chi connectivity index (χ3v) is 1.66. The number of aromatic nitrogens is 1. The Bertz CT molecular complexity index is 337. The molecule has 0 saturated heterocycles. The van der Waals surface area contributed by atoms with E-state index in [1.165, 1.54) is 31.5 Å². The van der Waals surface area contributed by atoms with Gasteiger partial charge < -0.3 is 10.4 Å². The number of pyridine rings is 1. The molecule has 0 radical (unpaired) electrons. The van der Waals surface area contributed by atoms with E-state index in [0.29, 0.717) is 5.56 Å². The summed E-state index contributed by atoms with van der Waals surface area (Å²) in [7, 11) is 0. The number of nitrogens with one attached hydrogen (secondary N) is 1. The van der Waals surface area contributed by atoms with E-state index in [9.17, 15) is 9.59 Å². The van der Waals surface area contributed by atoms with E-state index >= 15 is 0 Å². The first kappa shape index (κ1) is 10.2. The highest BCUT2D eigenvalue weighted by molar-refractivity contribution is 5.96. The van der Waals surface area contributed by atoms with Crippen LogP contribution in [-0.4, -0.2) is 28.0 Å². The fourth-order valence-electron chi connectivity index (χ4n) is 0.845. The predicted molar refractivity (Wildman–Crippen MR) is 48.8 cm³/mol. The van der Waals surface area contributed by atoms with Crippen molar-refractivity contribution < 1.29 is 14.7 Å². The first-order valence-corrected chi connectivity index (χ1v) is 4.05. The summed E-state index contributed by atoms with van der Waals surface area (Å²) in [5.41, 5.74) is 0.396. The number of nitrogens with zero attached hydrogens (tertiary/aromatic N) is 1. The van der Waals surface area contributed by atoms with Crippen molar-refractivity contribution in [3.63, 3.8) is 0 Å². The monoisotopic (exact) mass is 194 g/mol. The molecule has 1 rings (SSSR count). The topological polar surface area (TPSA) is 79.3 Å². The Morgan fingerprint density at radius 3 is 2.50 bits per heavy atom. The predicted octanol–water partition coefficient (Wildman–Crippen LogP) is 0.284. The van der Waals surface area contributed by atoms with E-state index in [1.54, 1.807) is 0 Å². The van der Waals surface area contributed by atoms with Gasteiger partial charge in [0, 0.05) is 18.0 Å². The molecule has 0 aliphatic carbocycles. The van der Waals surface area contributed by atoms with Crippen LogP contribution in [0, 0.1) is 0 Å². The molecule has 2 N–H and O–H groups in total. The third kappa shape index (κ3) is 2.55. The minimum absolute atomic E-state index is 0.396. The zero-order valence-corrected chi connectivity index (χ0v) is 7.60. The van der Waals surface area contributed by atoms with Gasteiger partial charge in [0.15, 0.2) is 0 Å². The highest BCUT2D eigenvalue weighted by Crippen LogP contribution is 1.96. The van der Waals surface area contributed by atoms with Gasteiger partial charge in [-0.05, 0) is 19.1 Å². The van der Waals surface area contributed by atoms with Crippen LogP contribution in [0.4, 0.5) is 0 Å². The summed E-state index contributed by atoms with van der Waals surface area (Å²) in [4.78, 5) is 25.5. The lowest BCUT2D eigenvalue weighted by Gasteiger charge is -2.08. The van der Waals surface area contributed by atoms with E-state index in [-0.39, 0.29) is 0 Å². The van der Waals surface area contributed by atoms with Crippen molar-refractivity contribution in [1.82, 2.24) is 10.3 Å². The van der Waals surface area contributed by atoms with Crippen molar-refractivity contribution in [3.05, 3.63) is 30.1 Å². The van der Waals surface area contributed by atoms with E-state index in [2.05, 4.69) is 10.3 Å². The zero-order valence-electron chi connectivity index (χ0n) is 7.60. The van der Waals surface area contributed by atoms with Crippen LogP contribution in [0.2, 0.25) is 0 Å². The Labute approximate surface area is 80.8 Å². The first-order chi connectivity index (χ1) is 6.61. The lowest BCUT2D eigenvalue weighted by molar-refractivity contribution is -0.138. The summed E-state index contributed by atoms with van der Waals surface area (Å²) < 4.78 is 0. The smallest absolute Gasteiger partial charge is 0.325 e. The van der Waals surface area contributed by atoms with Gasteiger partial charge in [0.2, 0.25) is 0 Å². The Kier molecular flexibility index (Phi) is 3.17. The highest BCUT2D eigenvalue weighted by Gasteiger charge is 2.14. The standard InChI is InChI=1S/C9H10N2O3/c1-6(9(13)14)11-8(12)7-2-4-10-5-3-7/h2-6H,1H3,(H,11,12)(H,13,14)/t6-/m1/s1. The van der Waals surface area contributed by atoms with Crippen LogP contribution in [0.3, 0.4) is 0 Å². The van der Waals surface area contributed by atoms with Crippen LogP contribution in [0.5, 0.6) is 0 Å². The van der Waals surface area contributed by atoms with Crippen molar-refractivity contribution >= 4 is 11.9 Å². The van der Waals surface area contributed by atoms with Gasteiger partial charge in [-0.1, -0.05) is 0 Å². The maximum Gasteiger partial charge on any atom is 0.325 e. The van der Waals surface area contributed by atoms with Gasteiger partial charge >= 0.3 is 5.97 Å². The molecule has 0 aliphatic heterocycles. The van der Waals surface area contributed by atoms with Crippen molar-refractivity contribution in [2.75, 3.05) is 0 Å². The summed E-state index contributed by atoms with van der Waals surface area (Å²) >= 11 is 0. The number of amides is 1. The molecular formula is C9H10N2O3. The van der Waals surface area contributed by atoms with Crippen LogP contribution in [0.25, 0.3) is 0 Å². The van der Waals surface area contributed by atoms with Crippen molar-refractivity contribution in [2.24, 2.45) is 0 Å². The molecule has 14 heavy (non-hydrogen) atoms. The van der Waals surface area contributed by atoms with Gasteiger partial charge in [0.25, 0.3) is 5.91 Å². The maximum absolute atomic E-state index is 11.4. The largest absolute Gasteiger partial charge is 0.480 e. The van der Waals surface area contributed by atoms with Crippen LogP contribution < -0.4 is 5.32 Å². The second kappa shape index (κ2) is 4.36. The SMILES string of the molecule is C[C@@H](NC(=O)c1ccncc1)C(=O)O. The van der Waals surface area contributed by atoms with Crippen LogP contribution in [0.15, 0.2) is 24.5 Å². The number of carbonyl (C=O) groups excluding carboxylic acids is 1. The normalized spacial score (nSPS) is 11.8. The summed E-state index contributed by atoms with van der Waals surface area (Å²) in [5, 5.41) is 10.9. The molecule has 1 amide bonds. The first-order valence-electron chi connectivity index (χ1n) is 4.05. The van der Waals surface area contributed by atoms with Gasteiger partial charge in [0.1, 0.15) is 6.04 Å². The fourth-order valence-corrected chi connectivity index (χ4v) is 0.845. The molecule has 1 atom stereocenters. The number of aliphatic carboxylic acids is 1. The number of hydrogen-bond acceptors (Lipinski definition) is 3. The van der Waals surface area contributed by atoms with Gasteiger partial charge in [-0.2, -0.15) is 0 Å². The van der Waals surface area contributed by atoms with E-state index in [0.717, 1.165) is 0 Å². The number of carboxylic acids is 1. The van der Waals surface area contributed by atoms with Crippen LogP contribution >= 0.6 is 0 Å². The van der Waals surface area contributed by atoms with E-state index < -0.39 is 17.9 Å². The van der Waals surface area contributed by atoms with E-state index in [1.807, 2.05) is 0 Å². The van der Waals surface area contributed by atoms with Gasteiger partial charge in [0.05, 0.1) is 0 Å². The molecule has 74 valence electrons. The molecular weight excluding hydrogens is 184 g/mol. The number of carboxylic acid groups (broad SMARTS) is 1. The number of carbonyl (C=O) groups is 2. The van der Waals surface area contributed by atoms with Crippen LogP contribution in [0.1, 0.15) is 17.3 Å². The average molecular weight is 194 g/mol. The Hall–Kier alpha value is -1.91. The Morgan fingerprint density at radius 2 is 2.00 bits per heavy atom. The van der Waals surface area contributed by atoms with E-state index in [4.69, 9.17) is 5.11 Å². The number of hydrogen-bond donors (Lipinski definition) is 2. The molecule has 0 spiro atoms.